The minimum absolute atomic E-state index is 0.429. The second-order valence-electron chi connectivity index (χ2n) is 5.00. The highest BCUT2D eigenvalue weighted by atomic mass is 35.5. The molecule has 116 valence electrons. The van der Waals surface area contributed by atoms with Crippen LogP contribution in [0.2, 0.25) is 0 Å². The van der Waals surface area contributed by atoms with E-state index in [1.807, 2.05) is 12.1 Å². The first kappa shape index (κ1) is 15.2. The average molecular weight is 329 g/mol. The largest absolute Gasteiger partial charge is 0.339 e. The van der Waals surface area contributed by atoms with E-state index in [0.717, 1.165) is 0 Å². The van der Waals surface area contributed by atoms with E-state index in [2.05, 4.69) is 0 Å². The third-order valence-electron chi connectivity index (χ3n) is 3.62. The summed E-state index contributed by atoms with van der Waals surface area (Å²) >= 11 is 5.54. The lowest BCUT2D eigenvalue weighted by molar-refractivity contribution is -0.138. The molecule has 3 rings (SSSR count). The van der Waals surface area contributed by atoms with Gasteiger partial charge in [0, 0.05) is 5.69 Å². The van der Waals surface area contributed by atoms with Crippen LogP contribution in [0.25, 0.3) is 0 Å². The topological polar surface area (TPSA) is 57.7 Å². The van der Waals surface area contributed by atoms with Gasteiger partial charge in [-0.25, -0.2) is 4.79 Å². The molecule has 1 unspecified atom stereocenters. The third kappa shape index (κ3) is 2.59. The molecule has 0 spiro atoms. The molecule has 1 atom stereocenters. The SMILES string of the molecule is O=C(CCl)N1C(=O)C(c2ccccc2)N(c2ccccc2)C1=O. The molecule has 1 heterocycles. The Balaban J connectivity index is 2.11. The fourth-order valence-electron chi connectivity index (χ4n) is 2.61. The average Bonchev–Trinajstić information content (AvgIpc) is 2.86. The molecule has 0 aliphatic carbocycles. The van der Waals surface area contributed by atoms with Crippen LogP contribution in [0.5, 0.6) is 0 Å². The maximum atomic E-state index is 12.7. The number of rotatable bonds is 3. The summed E-state index contributed by atoms with van der Waals surface area (Å²) in [5.74, 6) is -1.74. The number of amides is 4. The quantitative estimate of drug-likeness (QED) is 0.643. The number of nitrogens with zero attached hydrogens (tertiary/aromatic N) is 2. The Morgan fingerprint density at radius 2 is 1.52 bits per heavy atom. The van der Waals surface area contributed by atoms with E-state index in [9.17, 15) is 14.4 Å². The molecule has 0 saturated carbocycles. The Bertz CT molecular complexity index is 691. The van der Waals surface area contributed by atoms with Crippen LogP contribution in [0.3, 0.4) is 0 Å². The Morgan fingerprint density at radius 3 is 2.09 bits per heavy atom. The van der Waals surface area contributed by atoms with Gasteiger partial charge in [0.2, 0.25) is 0 Å². The number of hydrogen-bond acceptors (Lipinski definition) is 3. The first-order valence-corrected chi connectivity index (χ1v) is 7.54. The van der Waals surface area contributed by atoms with Crippen LogP contribution in [0.4, 0.5) is 10.5 Å². The Labute approximate surface area is 138 Å². The van der Waals surface area contributed by atoms with Crippen LogP contribution < -0.4 is 4.90 Å². The van der Waals surface area contributed by atoms with Gasteiger partial charge in [-0.1, -0.05) is 48.5 Å². The molecule has 0 N–H and O–H groups in total. The normalized spacial score (nSPS) is 17.7. The highest BCUT2D eigenvalue weighted by Crippen LogP contribution is 2.35. The third-order valence-corrected chi connectivity index (χ3v) is 3.85. The summed E-state index contributed by atoms with van der Waals surface area (Å²) in [5, 5.41) is 0. The number of alkyl halides is 1. The molecule has 4 amide bonds. The molecular formula is C17H13ClN2O3. The molecule has 6 heteroatoms. The predicted octanol–water partition coefficient (Wildman–Crippen LogP) is 2.96. The summed E-state index contributed by atoms with van der Waals surface area (Å²) in [6.45, 7) is 0. The lowest BCUT2D eigenvalue weighted by Crippen LogP contribution is -2.38. The Kier molecular flexibility index (Phi) is 4.12. The number of carbonyl (C=O) groups excluding carboxylic acids is 3. The fourth-order valence-corrected chi connectivity index (χ4v) is 2.73. The van der Waals surface area contributed by atoms with Crippen LogP contribution >= 0.6 is 11.6 Å². The molecule has 0 radical (unpaired) electrons. The smallest absolute Gasteiger partial charge is 0.277 e. The number of para-hydroxylation sites is 1. The van der Waals surface area contributed by atoms with Gasteiger partial charge in [-0.15, -0.1) is 11.6 Å². The molecule has 0 bridgehead atoms. The van der Waals surface area contributed by atoms with Gasteiger partial charge in [0.1, 0.15) is 11.9 Å². The lowest BCUT2D eigenvalue weighted by atomic mass is 10.1. The van der Waals surface area contributed by atoms with Gasteiger partial charge < -0.3 is 0 Å². The van der Waals surface area contributed by atoms with E-state index in [4.69, 9.17) is 11.6 Å². The highest BCUT2D eigenvalue weighted by molar-refractivity contribution is 6.33. The number of benzene rings is 2. The number of halogens is 1. The second kappa shape index (κ2) is 6.22. The van der Waals surface area contributed by atoms with Gasteiger partial charge in [0.25, 0.3) is 11.8 Å². The van der Waals surface area contributed by atoms with E-state index in [1.165, 1.54) is 4.90 Å². The number of carbonyl (C=O) groups is 3. The predicted molar refractivity (Wildman–Crippen MR) is 86.1 cm³/mol. The van der Waals surface area contributed by atoms with E-state index in [-0.39, 0.29) is 0 Å². The summed E-state index contributed by atoms with van der Waals surface area (Å²) in [6.07, 6.45) is 0. The highest BCUT2D eigenvalue weighted by Gasteiger charge is 2.49. The molecule has 5 nitrogen and oxygen atoms in total. The first-order valence-electron chi connectivity index (χ1n) is 7.01. The van der Waals surface area contributed by atoms with E-state index < -0.39 is 29.8 Å². The van der Waals surface area contributed by atoms with Crippen molar-refractivity contribution >= 4 is 35.1 Å². The van der Waals surface area contributed by atoms with Gasteiger partial charge in [-0.2, -0.15) is 4.90 Å². The maximum absolute atomic E-state index is 12.7. The lowest BCUT2D eigenvalue weighted by Gasteiger charge is -2.21. The maximum Gasteiger partial charge on any atom is 0.339 e. The van der Waals surface area contributed by atoms with Crippen LogP contribution in [0, 0.1) is 0 Å². The second-order valence-corrected chi connectivity index (χ2v) is 5.27. The number of imide groups is 3. The zero-order chi connectivity index (χ0) is 16.4. The van der Waals surface area contributed by atoms with Crippen molar-refractivity contribution < 1.29 is 14.4 Å². The van der Waals surface area contributed by atoms with Crippen molar-refractivity contribution in [1.29, 1.82) is 0 Å². The summed E-state index contributed by atoms with van der Waals surface area (Å²) in [7, 11) is 0. The van der Waals surface area contributed by atoms with Crippen molar-refractivity contribution in [3.63, 3.8) is 0 Å². The van der Waals surface area contributed by atoms with Gasteiger partial charge in [0.05, 0.1) is 0 Å². The Morgan fingerprint density at radius 1 is 0.957 bits per heavy atom. The summed E-state index contributed by atoms with van der Waals surface area (Å²) in [6, 6.07) is 16.1. The minimum Gasteiger partial charge on any atom is -0.277 e. The Hall–Kier alpha value is -2.66. The number of hydrogen-bond donors (Lipinski definition) is 0. The number of urea groups is 1. The van der Waals surface area contributed by atoms with E-state index in [1.54, 1.807) is 48.5 Å². The van der Waals surface area contributed by atoms with Gasteiger partial charge in [-0.3, -0.25) is 14.5 Å². The molecule has 2 aromatic carbocycles. The molecule has 1 aliphatic heterocycles. The molecular weight excluding hydrogens is 316 g/mol. The molecule has 1 aliphatic rings. The zero-order valence-corrected chi connectivity index (χ0v) is 12.8. The van der Waals surface area contributed by atoms with E-state index >= 15 is 0 Å². The van der Waals surface area contributed by atoms with Crippen LogP contribution in [-0.4, -0.2) is 28.6 Å². The van der Waals surface area contributed by atoms with Crippen LogP contribution in [0.15, 0.2) is 60.7 Å². The number of anilines is 1. The summed E-state index contributed by atoms with van der Waals surface area (Å²) < 4.78 is 0. The van der Waals surface area contributed by atoms with Crippen molar-refractivity contribution in [2.24, 2.45) is 0 Å². The van der Waals surface area contributed by atoms with Crippen molar-refractivity contribution in [2.75, 3.05) is 10.8 Å². The fraction of sp³-hybridized carbons (Fsp3) is 0.118. The standard InChI is InChI=1S/C17H13ClN2O3/c18-11-14(21)20-16(22)15(12-7-3-1-4-8-12)19(17(20)23)13-9-5-2-6-10-13/h1-10,15H,11H2. The minimum atomic E-state index is -0.877. The summed E-state index contributed by atoms with van der Waals surface area (Å²) in [5.41, 5.74) is 1.18. The van der Waals surface area contributed by atoms with Gasteiger partial charge in [0.15, 0.2) is 0 Å². The van der Waals surface area contributed by atoms with Gasteiger partial charge >= 0.3 is 6.03 Å². The molecule has 1 fully saturated rings. The first-order chi connectivity index (χ1) is 11.1. The molecule has 0 aromatic heterocycles. The van der Waals surface area contributed by atoms with E-state index in [0.29, 0.717) is 16.2 Å². The van der Waals surface area contributed by atoms with Crippen molar-refractivity contribution in [3.8, 4) is 0 Å². The van der Waals surface area contributed by atoms with Crippen LogP contribution in [0.1, 0.15) is 11.6 Å². The van der Waals surface area contributed by atoms with Crippen molar-refractivity contribution in [1.82, 2.24) is 4.90 Å². The molecule has 2 aromatic rings. The van der Waals surface area contributed by atoms with Gasteiger partial charge in [-0.05, 0) is 17.7 Å². The zero-order valence-electron chi connectivity index (χ0n) is 12.1. The molecule has 23 heavy (non-hydrogen) atoms. The van der Waals surface area contributed by atoms with Crippen molar-refractivity contribution in [3.05, 3.63) is 66.2 Å². The van der Waals surface area contributed by atoms with Crippen molar-refractivity contribution in [2.45, 2.75) is 6.04 Å². The summed E-state index contributed by atoms with van der Waals surface area (Å²) in [4.78, 5) is 39.2. The van der Waals surface area contributed by atoms with Crippen LogP contribution in [-0.2, 0) is 9.59 Å². The monoisotopic (exact) mass is 328 g/mol. The molecule has 1 saturated heterocycles.